The van der Waals surface area contributed by atoms with E-state index in [0.717, 1.165) is 0 Å². The second-order valence-corrected chi connectivity index (χ2v) is 3.48. The average Bonchev–Trinajstić information content (AvgIpc) is 2.32. The summed E-state index contributed by atoms with van der Waals surface area (Å²) in [6.07, 6.45) is 4.50. The molecule has 0 aliphatic heterocycles. The predicted octanol–water partition coefficient (Wildman–Crippen LogP) is 2.00. The Morgan fingerprint density at radius 1 is 1.18 bits per heavy atom. The number of hydrogen-bond acceptors (Lipinski definition) is 3. The molecular weight excluding hydrogens is 289 g/mol. The standard InChI is InChI=1S/C7H9N2O.C6H5.Y/c1-7(2,10)6-3-8-5-9-4-6;1-2-4-6-5-3-1;/h3-5,10H,1H2,2H3;1-5H;/q2*-1;. The normalized spacial score (nSPS) is 12.4. The average molecular weight is 303 g/mol. The molecule has 0 aliphatic carbocycles. The Hall–Kier alpha value is -0.636. The molecule has 1 N–H and O–H groups in total. The van der Waals surface area contributed by atoms with Gasteiger partial charge in [0.25, 0.3) is 0 Å². The minimum atomic E-state index is -1.08. The monoisotopic (exact) mass is 303 g/mol. The third-order valence-electron chi connectivity index (χ3n) is 1.79. The van der Waals surface area contributed by atoms with Crippen molar-refractivity contribution in [3.63, 3.8) is 0 Å². The molecular formula is C13H14N2OY-2. The molecule has 1 aromatic heterocycles. The van der Waals surface area contributed by atoms with Gasteiger partial charge in [-0.15, -0.1) is 0 Å². The van der Waals surface area contributed by atoms with Crippen LogP contribution < -0.4 is 0 Å². The van der Waals surface area contributed by atoms with E-state index < -0.39 is 5.60 Å². The Bertz CT molecular complexity index is 360. The van der Waals surface area contributed by atoms with Crippen molar-refractivity contribution in [2.24, 2.45) is 0 Å². The number of benzene rings is 1. The summed E-state index contributed by atoms with van der Waals surface area (Å²) < 4.78 is 0. The molecule has 2 aromatic rings. The molecule has 87 valence electrons. The molecule has 0 saturated carbocycles. The van der Waals surface area contributed by atoms with Crippen molar-refractivity contribution >= 4 is 0 Å². The molecule has 0 fully saturated rings. The minimum Gasteiger partial charge on any atom is -0.418 e. The molecule has 1 heterocycles. The molecule has 0 amide bonds. The van der Waals surface area contributed by atoms with Crippen molar-refractivity contribution in [3.05, 3.63) is 67.6 Å². The van der Waals surface area contributed by atoms with Crippen LogP contribution in [0.15, 0.2) is 49.1 Å². The van der Waals surface area contributed by atoms with Gasteiger partial charge < -0.3 is 12.0 Å². The quantitative estimate of drug-likeness (QED) is 0.820. The van der Waals surface area contributed by atoms with Gasteiger partial charge >= 0.3 is 0 Å². The van der Waals surface area contributed by atoms with Crippen molar-refractivity contribution in [3.8, 4) is 0 Å². The van der Waals surface area contributed by atoms with Crippen LogP contribution in [0.1, 0.15) is 12.5 Å². The first kappa shape index (κ1) is 16.4. The fraction of sp³-hybridized carbons (Fsp3) is 0.154. The fourth-order valence-electron chi connectivity index (χ4n) is 0.919. The smallest absolute Gasteiger partial charge is 0.115 e. The fourth-order valence-corrected chi connectivity index (χ4v) is 0.919. The first-order valence-electron chi connectivity index (χ1n) is 4.85. The second kappa shape index (κ2) is 8.45. The van der Waals surface area contributed by atoms with Crippen LogP contribution in [0.25, 0.3) is 0 Å². The van der Waals surface area contributed by atoms with Gasteiger partial charge in [-0.1, -0.05) is 6.92 Å². The van der Waals surface area contributed by atoms with Gasteiger partial charge in [0.1, 0.15) is 6.33 Å². The summed E-state index contributed by atoms with van der Waals surface area (Å²) >= 11 is 0. The van der Waals surface area contributed by atoms with Crippen molar-refractivity contribution in [2.45, 2.75) is 12.5 Å². The third kappa shape index (κ3) is 7.32. The van der Waals surface area contributed by atoms with E-state index in [4.69, 9.17) is 0 Å². The molecule has 2 rings (SSSR count). The van der Waals surface area contributed by atoms with Gasteiger partial charge in [0.05, 0.1) is 0 Å². The Labute approximate surface area is 127 Å². The zero-order valence-electron chi connectivity index (χ0n) is 9.74. The number of nitrogens with zero attached hydrogens (tertiary/aromatic N) is 2. The summed E-state index contributed by atoms with van der Waals surface area (Å²) in [6.45, 7) is 5.11. The zero-order chi connectivity index (χ0) is 11.9. The molecule has 1 atom stereocenters. The van der Waals surface area contributed by atoms with Crippen molar-refractivity contribution in [2.75, 3.05) is 0 Å². The van der Waals surface area contributed by atoms with Gasteiger partial charge in [-0.3, -0.25) is 0 Å². The van der Waals surface area contributed by atoms with E-state index in [1.807, 2.05) is 30.3 Å². The summed E-state index contributed by atoms with van der Waals surface area (Å²) in [5.41, 5.74) is -0.462. The van der Waals surface area contributed by atoms with Crippen LogP contribution in [-0.4, -0.2) is 15.1 Å². The third-order valence-corrected chi connectivity index (χ3v) is 1.79. The van der Waals surface area contributed by atoms with Gasteiger partial charge in [0, 0.05) is 45.1 Å². The minimum absolute atomic E-state index is 0. The Morgan fingerprint density at radius 2 is 1.71 bits per heavy atom. The predicted molar refractivity (Wildman–Crippen MR) is 62.2 cm³/mol. The Morgan fingerprint density at radius 3 is 1.94 bits per heavy atom. The molecule has 3 nitrogen and oxygen atoms in total. The van der Waals surface area contributed by atoms with Crippen molar-refractivity contribution < 1.29 is 37.8 Å². The topological polar surface area (TPSA) is 46.0 Å². The summed E-state index contributed by atoms with van der Waals surface area (Å²) in [4.78, 5) is 7.48. The van der Waals surface area contributed by atoms with Crippen LogP contribution >= 0.6 is 0 Å². The van der Waals surface area contributed by atoms with Crippen molar-refractivity contribution in [1.82, 2.24) is 9.97 Å². The van der Waals surface area contributed by atoms with Gasteiger partial charge in [-0.05, 0) is 11.2 Å². The maximum absolute atomic E-state index is 9.30. The van der Waals surface area contributed by atoms with Crippen LogP contribution in [0, 0.1) is 13.0 Å². The number of aliphatic hydroxyl groups is 1. The SMILES string of the molecule is [CH2-]C(C)(O)c1cncnc1.[Y].[c-]1ccccc1. The molecule has 4 heteroatoms. The van der Waals surface area contributed by atoms with Crippen LogP contribution in [-0.2, 0) is 38.3 Å². The number of aromatic nitrogens is 2. The van der Waals surface area contributed by atoms with Crippen LogP contribution in [0.3, 0.4) is 0 Å². The van der Waals surface area contributed by atoms with Crippen LogP contribution in [0.5, 0.6) is 0 Å². The van der Waals surface area contributed by atoms with Crippen molar-refractivity contribution in [1.29, 1.82) is 0 Å². The van der Waals surface area contributed by atoms with Gasteiger partial charge in [0.2, 0.25) is 0 Å². The number of rotatable bonds is 1. The number of hydrogen-bond donors (Lipinski definition) is 1. The van der Waals surface area contributed by atoms with E-state index >= 15 is 0 Å². The molecule has 0 spiro atoms. The first-order chi connectivity index (χ1) is 7.61. The van der Waals surface area contributed by atoms with Gasteiger partial charge in [-0.2, -0.15) is 36.4 Å². The van der Waals surface area contributed by atoms with Crippen LogP contribution in [0.4, 0.5) is 0 Å². The zero-order valence-corrected chi connectivity index (χ0v) is 12.6. The molecule has 1 radical (unpaired) electrons. The summed E-state index contributed by atoms with van der Waals surface area (Å²) in [5.74, 6) is 0. The Kier molecular flexibility index (Phi) is 8.14. The summed E-state index contributed by atoms with van der Waals surface area (Å²) in [6, 6.07) is 12.5. The Balaban J connectivity index is 0.000000316. The molecule has 1 aromatic carbocycles. The molecule has 0 saturated heterocycles. The van der Waals surface area contributed by atoms with Gasteiger partial charge in [-0.25, -0.2) is 9.97 Å². The van der Waals surface area contributed by atoms with E-state index in [1.54, 1.807) is 19.3 Å². The van der Waals surface area contributed by atoms with E-state index in [0.29, 0.717) is 5.56 Å². The molecule has 17 heavy (non-hydrogen) atoms. The van der Waals surface area contributed by atoms with Crippen LogP contribution in [0.2, 0.25) is 0 Å². The maximum atomic E-state index is 9.30. The molecule has 1 unspecified atom stereocenters. The van der Waals surface area contributed by atoms with E-state index in [2.05, 4.69) is 23.0 Å². The van der Waals surface area contributed by atoms with Gasteiger partial charge in [0.15, 0.2) is 0 Å². The molecule has 0 aliphatic rings. The first-order valence-corrected chi connectivity index (χ1v) is 4.85. The second-order valence-electron chi connectivity index (χ2n) is 3.48. The maximum Gasteiger partial charge on any atom is 0.115 e. The summed E-state index contributed by atoms with van der Waals surface area (Å²) in [5, 5.41) is 9.30. The molecule has 0 bridgehead atoms. The van der Waals surface area contributed by atoms with E-state index in [1.165, 1.54) is 6.33 Å². The van der Waals surface area contributed by atoms with E-state index in [-0.39, 0.29) is 32.7 Å². The largest absolute Gasteiger partial charge is 0.418 e. The van der Waals surface area contributed by atoms with E-state index in [9.17, 15) is 5.11 Å². The summed E-state index contributed by atoms with van der Waals surface area (Å²) in [7, 11) is 0.